The average Bonchev–Trinajstić information content (AvgIpc) is 3.09. The summed E-state index contributed by atoms with van der Waals surface area (Å²) in [4.78, 5) is 18.6. The summed E-state index contributed by atoms with van der Waals surface area (Å²) < 4.78 is 10.7. The summed E-state index contributed by atoms with van der Waals surface area (Å²) in [5.74, 6) is 0.885. The van der Waals surface area contributed by atoms with Crippen LogP contribution < -0.4 is 4.74 Å². The van der Waals surface area contributed by atoms with E-state index < -0.39 is 0 Å². The number of amides is 1. The van der Waals surface area contributed by atoms with Crippen LogP contribution in [-0.2, 0) is 16.1 Å². The van der Waals surface area contributed by atoms with E-state index >= 15 is 0 Å². The van der Waals surface area contributed by atoms with Gasteiger partial charge in [0.05, 0.1) is 19.6 Å². The fourth-order valence-electron chi connectivity index (χ4n) is 2.88. The van der Waals surface area contributed by atoms with Crippen LogP contribution in [0.4, 0.5) is 0 Å². The Balaban J connectivity index is 1.86. The van der Waals surface area contributed by atoms with Gasteiger partial charge in [-0.3, -0.25) is 9.78 Å². The quantitative estimate of drug-likeness (QED) is 0.869. The Hall–Kier alpha value is -2.14. The molecule has 1 saturated heterocycles. The van der Waals surface area contributed by atoms with E-state index in [1.807, 2.05) is 31.3 Å². The largest absolute Gasteiger partial charge is 0.494 e. The summed E-state index contributed by atoms with van der Waals surface area (Å²) in [5.41, 5.74) is 1.89. The molecule has 2 heterocycles. The van der Waals surface area contributed by atoms with Gasteiger partial charge in [0.1, 0.15) is 11.3 Å². The first-order valence-corrected chi connectivity index (χ1v) is 7.44. The number of fused-ring (bicyclic) bond motifs is 1. The number of rotatable bonds is 4. The molecule has 1 amide bonds. The zero-order valence-corrected chi connectivity index (χ0v) is 12.9. The molecule has 0 bridgehead atoms. The molecule has 5 nitrogen and oxygen atoms in total. The van der Waals surface area contributed by atoms with Crippen LogP contribution in [0.3, 0.4) is 0 Å². The zero-order chi connectivity index (χ0) is 15.5. The van der Waals surface area contributed by atoms with Crippen molar-refractivity contribution in [3.05, 3.63) is 36.0 Å². The van der Waals surface area contributed by atoms with Gasteiger partial charge < -0.3 is 14.4 Å². The van der Waals surface area contributed by atoms with E-state index in [-0.39, 0.29) is 11.8 Å². The number of carbonyl (C=O) groups is 1. The van der Waals surface area contributed by atoms with E-state index in [4.69, 9.17) is 9.47 Å². The molecule has 0 N–H and O–H groups in total. The molecule has 0 radical (unpaired) electrons. The number of ether oxygens (including phenoxy) is 2. The molecule has 22 heavy (non-hydrogen) atoms. The maximum absolute atomic E-state index is 12.4. The van der Waals surface area contributed by atoms with Crippen molar-refractivity contribution in [1.29, 1.82) is 0 Å². The average molecular weight is 300 g/mol. The second-order valence-corrected chi connectivity index (χ2v) is 5.58. The van der Waals surface area contributed by atoms with Gasteiger partial charge in [0.25, 0.3) is 0 Å². The van der Waals surface area contributed by atoms with Crippen molar-refractivity contribution in [2.24, 2.45) is 5.92 Å². The third-order valence-electron chi connectivity index (χ3n) is 4.11. The van der Waals surface area contributed by atoms with Crippen LogP contribution in [0.1, 0.15) is 12.0 Å². The first-order valence-electron chi connectivity index (χ1n) is 7.44. The summed E-state index contributed by atoms with van der Waals surface area (Å²) in [5, 5.41) is 1.02. The van der Waals surface area contributed by atoms with Gasteiger partial charge in [0.15, 0.2) is 0 Å². The fraction of sp³-hybridized carbons (Fsp3) is 0.412. The number of hydrogen-bond acceptors (Lipinski definition) is 4. The fourth-order valence-corrected chi connectivity index (χ4v) is 2.88. The minimum absolute atomic E-state index is 0.00682. The number of aromatic nitrogens is 1. The highest BCUT2D eigenvalue weighted by molar-refractivity contribution is 5.88. The third-order valence-corrected chi connectivity index (χ3v) is 4.11. The van der Waals surface area contributed by atoms with Crippen molar-refractivity contribution in [1.82, 2.24) is 9.88 Å². The second kappa shape index (κ2) is 6.32. The van der Waals surface area contributed by atoms with E-state index in [0.717, 1.165) is 28.6 Å². The molecule has 0 saturated carbocycles. The van der Waals surface area contributed by atoms with Crippen LogP contribution >= 0.6 is 0 Å². The molecule has 0 spiro atoms. The normalized spacial score (nSPS) is 17.6. The van der Waals surface area contributed by atoms with Crippen molar-refractivity contribution >= 4 is 16.8 Å². The summed E-state index contributed by atoms with van der Waals surface area (Å²) in [6.07, 6.45) is 2.56. The highest BCUT2D eigenvalue weighted by Gasteiger charge is 2.26. The van der Waals surface area contributed by atoms with Gasteiger partial charge in [-0.2, -0.15) is 0 Å². The van der Waals surface area contributed by atoms with Gasteiger partial charge in [-0.25, -0.2) is 0 Å². The van der Waals surface area contributed by atoms with Crippen LogP contribution in [0.2, 0.25) is 0 Å². The first-order chi connectivity index (χ1) is 10.7. The van der Waals surface area contributed by atoms with Gasteiger partial charge in [-0.1, -0.05) is 12.1 Å². The van der Waals surface area contributed by atoms with Gasteiger partial charge in [0.2, 0.25) is 5.91 Å². The Morgan fingerprint density at radius 3 is 3.05 bits per heavy atom. The summed E-state index contributed by atoms with van der Waals surface area (Å²) in [6, 6.07) is 7.81. The minimum atomic E-state index is -0.00682. The summed E-state index contributed by atoms with van der Waals surface area (Å²) >= 11 is 0. The van der Waals surface area contributed by atoms with Crippen LogP contribution in [-0.4, -0.2) is 43.2 Å². The van der Waals surface area contributed by atoms with Crippen molar-refractivity contribution in [3.63, 3.8) is 0 Å². The Morgan fingerprint density at radius 2 is 2.32 bits per heavy atom. The molecule has 1 aromatic heterocycles. The van der Waals surface area contributed by atoms with E-state index in [0.29, 0.717) is 19.8 Å². The van der Waals surface area contributed by atoms with Crippen LogP contribution in [0.5, 0.6) is 5.75 Å². The lowest BCUT2D eigenvalue weighted by molar-refractivity contribution is -0.134. The number of hydrogen-bond donors (Lipinski definition) is 0. The van der Waals surface area contributed by atoms with Crippen molar-refractivity contribution < 1.29 is 14.3 Å². The topological polar surface area (TPSA) is 51.7 Å². The SMILES string of the molecule is COc1ccc(CN(C)C(=O)[C@H]2CCOC2)c2cccnc12. The molecular formula is C17H20N2O3. The molecule has 2 aromatic rings. The maximum Gasteiger partial charge on any atom is 0.228 e. The van der Waals surface area contributed by atoms with Crippen LogP contribution in [0.15, 0.2) is 30.5 Å². The van der Waals surface area contributed by atoms with E-state index in [9.17, 15) is 4.79 Å². The van der Waals surface area contributed by atoms with Gasteiger partial charge >= 0.3 is 0 Å². The van der Waals surface area contributed by atoms with E-state index in [1.165, 1.54) is 0 Å². The van der Waals surface area contributed by atoms with Gasteiger partial charge in [0, 0.05) is 31.8 Å². The zero-order valence-electron chi connectivity index (χ0n) is 12.9. The lowest BCUT2D eigenvalue weighted by Crippen LogP contribution is -2.32. The molecule has 1 fully saturated rings. The number of pyridine rings is 1. The lowest BCUT2D eigenvalue weighted by atomic mass is 10.0. The van der Waals surface area contributed by atoms with Crippen LogP contribution in [0, 0.1) is 5.92 Å². The number of nitrogens with zero attached hydrogens (tertiary/aromatic N) is 2. The molecule has 1 atom stereocenters. The molecule has 5 heteroatoms. The molecule has 1 aliphatic heterocycles. The van der Waals surface area contributed by atoms with E-state index in [2.05, 4.69) is 4.98 Å². The molecule has 0 unspecified atom stereocenters. The Labute approximate surface area is 129 Å². The van der Waals surface area contributed by atoms with Gasteiger partial charge in [-0.15, -0.1) is 0 Å². The van der Waals surface area contributed by atoms with Crippen molar-refractivity contribution in [2.45, 2.75) is 13.0 Å². The monoisotopic (exact) mass is 300 g/mol. The van der Waals surface area contributed by atoms with E-state index in [1.54, 1.807) is 18.2 Å². The number of methoxy groups -OCH3 is 1. The molecule has 3 rings (SSSR count). The third kappa shape index (κ3) is 2.76. The highest BCUT2D eigenvalue weighted by atomic mass is 16.5. The predicted molar refractivity (Wildman–Crippen MR) is 83.7 cm³/mol. The summed E-state index contributed by atoms with van der Waals surface area (Å²) in [7, 11) is 3.48. The Morgan fingerprint density at radius 1 is 1.45 bits per heavy atom. The molecular weight excluding hydrogens is 280 g/mol. The number of benzene rings is 1. The molecule has 116 valence electrons. The Kier molecular flexibility index (Phi) is 4.24. The van der Waals surface area contributed by atoms with Crippen molar-refractivity contribution in [2.75, 3.05) is 27.4 Å². The predicted octanol–water partition coefficient (Wildman–Crippen LogP) is 2.24. The highest BCUT2D eigenvalue weighted by Crippen LogP contribution is 2.27. The number of carbonyl (C=O) groups excluding carboxylic acids is 1. The second-order valence-electron chi connectivity index (χ2n) is 5.58. The molecule has 1 aromatic carbocycles. The van der Waals surface area contributed by atoms with Crippen LogP contribution in [0.25, 0.3) is 10.9 Å². The smallest absolute Gasteiger partial charge is 0.228 e. The standard InChI is InChI=1S/C17H20N2O3/c1-19(17(20)13-7-9-22-11-13)10-12-5-6-15(21-2)16-14(12)4-3-8-18-16/h3-6,8,13H,7,9-11H2,1-2H3/t13-/m0/s1. The molecule has 1 aliphatic rings. The summed E-state index contributed by atoms with van der Waals surface area (Å²) in [6.45, 7) is 1.77. The first kappa shape index (κ1) is 14.8. The Bertz CT molecular complexity index is 681. The van der Waals surface area contributed by atoms with Crippen molar-refractivity contribution in [3.8, 4) is 5.75 Å². The lowest BCUT2D eigenvalue weighted by Gasteiger charge is -2.21. The maximum atomic E-state index is 12.4. The van der Waals surface area contributed by atoms with Gasteiger partial charge in [-0.05, 0) is 24.1 Å². The molecule has 0 aliphatic carbocycles. The minimum Gasteiger partial charge on any atom is -0.494 e.